The topological polar surface area (TPSA) is 88.4 Å². The number of esters is 1. The normalized spacial score (nSPS) is 14.9. The van der Waals surface area contributed by atoms with Gasteiger partial charge in [-0.1, -0.05) is 6.07 Å². The summed E-state index contributed by atoms with van der Waals surface area (Å²) in [5.74, 6) is -0.296. The molecule has 29 heavy (non-hydrogen) atoms. The van der Waals surface area contributed by atoms with Gasteiger partial charge in [0.25, 0.3) is 5.91 Å². The van der Waals surface area contributed by atoms with Gasteiger partial charge in [0, 0.05) is 0 Å². The molecule has 0 radical (unpaired) electrons. The van der Waals surface area contributed by atoms with Crippen molar-refractivity contribution in [3.05, 3.63) is 59.2 Å². The quantitative estimate of drug-likeness (QED) is 0.595. The zero-order valence-corrected chi connectivity index (χ0v) is 16.5. The van der Waals surface area contributed by atoms with Crippen molar-refractivity contribution < 1.29 is 24.2 Å². The van der Waals surface area contributed by atoms with Gasteiger partial charge in [0.15, 0.2) is 11.5 Å². The number of anilines is 1. The number of amides is 1. The molecule has 2 aromatic carbocycles. The van der Waals surface area contributed by atoms with Gasteiger partial charge >= 0.3 is 5.97 Å². The molecule has 0 saturated carbocycles. The van der Waals surface area contributed by atoms with Crippen molar-refractivity contribution >= 4 is 29.4 Å². The Morgan fingerprint density at radius 3 is 2.52 bits per heavy atom. The van der Waals surface area contributed by atoms with E-state index >= 15 is 0 Å². The highest BCUT2D eigenvalue weighted by Gasteiger charge is 2.28. The van der Waals surface area contributed by atoms with Gasteiger partial charge < -0.3 is 14.6 Å². The molecule has 0 saturated heterocycles. The first-order valence-electron chi connectivity index (χ1n) is 9.29. The van der Waals surface area contributed by atoms with Crippen LogP contribution in [0.25, 0.3) is 6.08 Å². The van der Waals surface area contributed by atoms with E-state index < -0.39 is 5.97 Å². The fraction of sp³-hybridized carbons (Fsp3) is 0.227. The first-order valence-corrected chi connectivity index (χ1v) is 9.29. The molecule has 7 nitrogen and oxygen atoms in total. The fourth-order valence-corrected chi connectivity index (χ4v) is 2.87. The summed E-state index contributed by atoms with van der Waals surface area (Å²) in [5.41, 5.74) is 2.67. The molecule has 2 aromatic rings. The van der Waals surface area contributed by atoms with Crippen LogP contribution in [-0.2, 0) is 9.53 Å². The van der Waals surface area contributed by atoms with Gasteiger partial charge in [0.05, 0.1) is 35.7 Å². The highest BCUT2D eigenvalue weighted by atomic mass is 16.5. The summed E-state index contributed by atoms with van der Waals surface area (Å²) in [7, 11) is 0. The molecule has 0 aliphatic carbocycles. The monoisotopic (exact) mass is 394 g/mol. The Kier molecular flexibility index (Phi) is 5.97. The maximum atomic E-state index is 12.9. The van der Waals surface area contributed by atoms with Crippen molar-refractivity contribution in [1.29, 1.82) is 0 Å². The van der Waals surface area contributed by atoms with Gasteiger partial charge in [-0.3, -0.25) is 4.79 Å². The Hall–Kier alpha value is -3.61. The van der Waals surface area contributed by atoms with E-state index in [1.807, 2.05) is 6.92 Å². The van der Waals surface area contributed by atoms with E-state index in [1.54, 1.807) is 56.3 Å². The first-order chi connectivity index (χ1) is 13.9. The van der Waals surface area contributed by atoms with Crippen molar-refractivity contribution in [2.24, 2.45) is 5.10 Å². The van der Waals surface area contributed by atoms with Gasteiger partial charge in [0.2, 0.25) is 0 Å². The van der Waals surface area contributed by atoms with E-state index in [1.165, 1.54) is 11.1 Å². The summed E-state index contributed by atoms with van der Waals surface area (Å²) in [6.07, 6.45) is 1.70. The maximum absolute atomic E-state index is 12.9. The van der Waals surface area contributed by atoms with Crippen LogP contribution in [0.2, 0.25) is 0 Å². The third kappa shape index (κ3) is 4.29. The van der Waals surface area contributed by atoms with Crippen LogP contribution >= 0.6 is 0 Å². The maximum Gasteiger partial charge on any atom is 0.338 e. The molecular weight excluding hydrogens is 372 g/mol. The van der Waals surface area contributed by atoms with E-state index in [9.17, 15) is 14.7 Å². The predicted octanol–water partition coefficient (Wildman–Crippen LogP) is 3.77. The lowest BCUT2D eigenvalue weighted by atomic mass is 10.1. The number of carbonyl (C=O) groups is 2. The molecule has 1 aliphatic heterocycles. The number of ether oxygens (including phenoxy) is 2. The van der Waals surface area contributed by atoms with E-state index in [-0.39, 0.29) is 11.7 Å². The Labute approximate surface area is 168 Å². The van der Waals surface area contributed by atoms with E-state index in [2.05, 4.69) is 5.10 Å². The molecule has 0 aromatic heterocycles. The van der Waals surface area contributed by atoms with Crippen LogP contribution in [0.3, 0.4) is 0 Å². The van der Waals surface area contributed by atoms with Crippen LogP contribution in [0, 0.1) is 0 Å². The number of phenolic OH excluding ortho intramolecular Hbond substituents is 1. The standard InChI is InChI=1S/C22H22N2O5/c1-4-28-20-13-15(6-11-19(20)25)12-18-14(3)23-24(21(18)26)17-9-7-16(8-10-17)22(27)29-5-2/h6-13,25H,4-5H2,1-3H3/b18-12-. The molecule has 1 N–H and O–H groups in total. The highest BCUT2D eigenvalue weighted by molar-refractivity contribution is 6.32. The molecule has 0 spiro atoms. The van der Waals surface area contributed by atoms with E-state index in [0.717, 1.165) is 0 Å². The van der Waals surface area contributed by atoms with Gasteiger partial charge in [-0.05, 0) is 68.8 Å². The fourth-order valence-electron chi connectivity index (χ4n) is 2.87. The second-order valence-corrected chi connectivity index (χ2v) is 6.29. The Morgan fingerprint density at radius 2 is 1.86 bits per heavy atom. The lowest BCUT2D eigenvalue weighted by Gasteiger charge is -2.12. The molecule has 1 heterocycles. The molecule has 0 bridgehead atoms. The summed E-state index contributed by atoms with van der Waals surface area (Å²) >= 11 is 0. The number of nitrogens with zero attached hydrogens (tertiary/aromatic N) is 2. The van der Waals surface area contributed by atoms with Crippen LogP contribution in [0.5, 0.6) is 11.5 Å². The molecule has 1 aliphatic rings. The minimum atomic E-state index is -0.413. The SMILES string of the molecule is CCOC(=O)c1ccc(N2N=C(C)/C(=C/c3ccc(O)c(OCC)c3)C2=O)cc1. The number of phenols is 1. The summed E-state index contributed by atoms with van der Waals surface area (Å²) in [4.78, 5) is 24.7. The Bertz CT molecular complexity index is 993. The van der Waals surface area contributed by atoms with Gasteiger partial charge in [-0.25, -0.2) is 4.79 Å². The number of hydrogen-bond acceptors (Lipinski definition) is 6. The second kappa shape index (κ2) is 8.60. The van der Waals surface area contributed by atoms with Gasteiger partial charge in [-0.2, -0.15) is 10.1 Å². The summed E-state index contributed by atoms with van der Waals surface area (Å²) in [6.45, 7) is 6.03. The lowest BCUT2D eigenvalue weighted by Crippen LogP contribution is -2.21. The average Bonchev–Trinajstić information content (AvgIpc) is 2.99. The van der Waals surface area contributed by atoms with E-state index in [0.29, 0.717) is 47.1 Å². The Balaban J connectivity index is 1.84. The molecule has 0 unspecified atom stereocenters. The number of benzene rings is 2. The molecule has 0 fully saturated rings. The minimum Gasteiger partial charge on any atom is -0.504 e. The highest BCUT2D eigenvalue weighted by Crippen LogP contribution is 2.30. The van der Waals surface area contributed by atoms with Crippen molar-refractivity contribution in [2.45, 2.75) is 20.8 Å². The summed E-state index contributed by atoms with van der Waals surface area (Å²) in [5, 5.41) is 15.5. The lowest BCUT2D eigenvalue weighted by molar-refractivity contribution is -0.114. The average molecular weight is 394 g/mol. The zero-order valence-electron chi connectivity index (χ0n) is 16.5. The molecule has 7 heteroatoms. The van der Waals surface area contributed by atoms with Crippen molar-refractivity contribution in [3.63, 3.8) is 0 Å². The number of carbonyl (C=O) groups excluding carboxylic acids is 2. The first kappa shape index (κ1) is 20.1. The smallest absolute Gasteiger partial charge is 0.338 e. The van der Waals surface area contributed by atoms with Gasteiger partial charge in [-0.15, -0.1) is 0 Å². The number of hydrogen-bond donors (Lipinski definition) is 1. The molecule has 3 rings (SSSR count). The summed E-state index contributed by atoms with van der Waals surface area (Å²) in [6, 6.07) is 11.4. The Morgan fingerprint density at radius 1 is 1.14 bits per heavy atom. The van der Waals surface area contributed by atoms with Crippen LogP contribution < -0.4 is 9.75 Å². The second-order valence-electron chi connectivity index (χ2n) is 6.29. The third-order valence-corrected chi connectivity index (χ3v) is 4.28. The third-order valence-electron chi connectivity index (χ3n) is 4.28. The van der Waals surface area contributed by atoms with Crippen LogP contribution in [-0.4, -0.2) is 35.9 Å². The van der Waals surface area contributed by atoms with Crippen molar-refractivity contribution in [2.75, 3.05) is 18.2 Å². The van der Waals surface area contributed by atoms with Crippen LogP contribution in [0.1, 0.15) is 36.7 Å². The largest absolute Gasteiger partial charge is 0.504 e. The molecule has 1 amide bonds. The molecular formula is C22H22N2O5. The molecule has 0 atom stereocenters. The number of aromatic hydroxyl groups is 1. The van der Waals surface area contributed by atoms with Crippen LogP contribution in [0.15, 0.2) is 53.1 Å². The van der Waals surface area contributed by atoms with Gasteiger partial charge in [0.1, 0.15) is 0 Å². The summed E-state index contributed by atoms with van der Waals surface area (Å²) < 4.78 is 10.4. The molecule has 150 valence electrons. The number of rotatable bonds is 6. The number of hydrazone groups is 1. The van der Waals surface area contributed by atoms with Crippen molar-refractivity contribution in [3.8, 4) is 11.5 Å². The van der Waals surface area contributed by atoms with Crippen molar-refractivity contribution in [1.82, 2.24) is 0 Å². The van der Waals surface area contributed by atoms with E-state index in [4.69, 9.17) is 9.47 Å². The zero-order chi connectivity index (χ0) is 21.0. The minimum absolute atomic E-state index is 0.0421. The predicted molar refractivity (Wildman–Crippen MR) is 110 cm³/mol. The van der Waals surface area contributed by atoms with Crippen LogP contribution in [0.4, 0.5) is 5.69 Å².